The van der Waals surface area contributed by atoms with Crippen LogP contribution in [0.25, 0.3) is 0 Å². The van der Waals surface area contributed by atoms with Crippen LogP contribution < -0.4 is 0 Å². The lowest BCUT2D eigenvalue weighted by molar-refractivity contribution is -0.155. The first-order valence-electron chi connectivity index (χ1n) is 6.20. The monoisotopic (exact) mass is 248 g/mol. The Morgan fingerprint density at radius 2 is 1.88 bits per heavy atom. The Balaban J connectivity index is 3.97. The number of carbonyl (C=O) groups excluding carboxylic acids is 1. The number of ether oxygens (including phenoxy) is 1. The summed E-state index contributed by atoms with van der Waals surface area (Å²) in [6, 6.07) is 0. The molecular weight excluding hydrogens is 224 g/mol. The second kappa shape index (κ2) is 9.39. The second-order valence-corrected chi connectivity index (χ2v) is 4.19. The number of esters is 1. The van der Waals surface area contributed by atoms with Crippen LogP contribution in [0.3, 0.4) is 0 Å². The standard InChI is InChI=1S/C12H24O5/c1-3-5-6-9(4-2)12(16)17-8-11(15)10(14)7-13/h9-11,13-15H,3-8H2,1-2H3/t9?,10-,11+/m1/s1. The molecule has 102 valence electrons. The highest BCUT2D eigenvalue weighted by Gasteiger charge is 2.21. The van der Waals surface area contributed by atoms with E-state index < -0.39 is 18.8 Å². The zero-order valence-corrected chi connectivity index (χ0v) is 10.6. The van der Waals surface area contributed by atoms with E-state index in [2.05, 4.69) is 6.92 Å². The lowest BCUT2D eigenvalue weighted by atomic mass is 10.00. The van der Waals surface area contributed by atoms with E-state index in [4.69, 9.17) is 14.9 Å². The average molecular weight is 248 g/mol. The first-order chi connectivity index (χ1) is 8.06. The van der Waals surface area contributed by atoms with Crippen molar-refractivity contribution < 1.29 is 24.9 Å². The summed E-state index contributed by atoms with van der Waals surface area (Å²) >= 11 is 0. The van der Waals surface area contributed by atoms with Gasteiger partial charge in [-0.15, -0.1) is 0 Å². The van der Waals surface area contributed by atoms with Crippen LogP contribution in [0.1, 0.15) is 39.5 Å². The fourth-order valence-electron chi connectivity index (χ4n) is 1.46. The molecule has 5 nitrogen and oxygen atoms in total. The predicted molar refractivity (Wildman–Crippen MR) is 63.4 cm³/mol. The zero-order valence-electron chi connectivity index (χ0n) is 10.6. The predicted octanol–water partition coefficient (Wildman–Crippen LogP) is 0.460. The Labute approximate surface area is 102 Å². The van der Waals surface area contributed by atoms with Crippen molar-refractivity contribution in [1.82, 2.24) is 0 Å². The Hall–Kier alpha value is -0.650. The van der Waals surface area contributed by atoms with Gasteiger partial charge in [-0.1, -0.05) is 26.7 Å². The van der Waals surface area contributed by atoms with E-state index in [1.165, 1.54) is 0 Å². The normalized spacial score (nSPS) is 16.3. The molecular formula is C12H24O5. The minimum absolute atomic E-state index is 0.145. The molecule has 0 rings (SSSR count). The summed E-state index contributed by atoms with van der Waals surface area (Å²) in [5.41, 5.74) is 0. The van der Waals surface area contributed by atoms with E-state index in [-0.39, 0.29) is 18.5 Å². The molecule has 0 fully saturated rings. The summed E-state index contributed by atoms with van der Waals surface area (Å²) in [4.78, 5) is 11.6. The molecule has 0 aromatic heterocycles. The van der Waals surface area contributed by atoms with Crippen LogP contribution >= 0.6 is 0 Å². The molecule has 3 atom stereocenters. The summed E-state index contributed by atoms with van der Waals surface area (Å²) in [5.74, 6) is -0.487. The molecule has 5 heteroatoms. The zero-order chi connectivity index (χ0) is 13.3. The van der Waals surface area contributed by atoms with Gasteiger partial charge in [0.15, 0.2) is 0 Å². The van der Waals surface area contributed by atoms with Gasteiger partial charge >= 0.3 is 5.97 Å². The fraction of sp³-hybridized carbons (Fsp3) is 0.917. The number of rotatable bonds is 9. The Bertz CT molecular complexity index is 207. The average Bonchev–Trinajstić information content (AvgIpc) is 2.35. The lowest BCUT2D eigenvalue weighted by Gasteiger charge is -2.18. The first-order valence-corrected chi connectivity index (χ1v) is 6.20. The van der Waals surface area contributed by atoms with Gasteiger partial charge < -0.3 is 20.1 Å². The molecule has 0 aliphatic rings. The molecule has 0 spiro atoms. The fourth-order valence-corrected chi connectivity index (χ4v) is 1.46. The van der Waals surface area contributed by atoms with Gasteiger partial charge in [0.1, 0.15) is 18.8 Å². The third kappa shape index (κ3) is 6.61. The van der Waals surface area contributed by atoms with E-state index in [0.717, 1.165) is 19.3 Å². The first kappa shape index (κ1) is 16.4. The van der Waals surface area contributed by atoms with Crippen LogP contribution in [0.2, 0.25) is 0 Å². The molecule has 0 radical (unpaired) electrons. The third-order valence-corrected chi connectivity index (χ3v) is 2.76. The van der Waals surface area contributed by atoms with Crippen molar-refractivity contribution in [1.29, 1.82) is 0 Å². The number of unbranched alkanes of at least 4 members (excludes halogenated alkanes) is 1. The summed E-state index contributed by atoms with van der Waals surface area (Å²) in [5, 5.41) is 27.0. The van der Waals surface area contributed by atoms with E-state index in [1.54, 1.807) is 0 Å². The van der Waals surface area contributed by atoms with Crippen molar-refractivity contribution in [2.45, 2.75) is 51.7 Å². The lowest BCUT2D eigenvalue weighted by Crippen LogP contribution is -2.35. The van der Waals surface area contributed by atoms with Crippen LogP contribution in [0.15, 0.2) is 0 Å². The highest BCUT2D eigenvalue weighted by Crippen LogP contribution is 2.14. The van der Waals surface area contributed by atoms with Gasteiger partial charge in [0.2, 0.25) is 0 Å². The molecule has 0 aliphatic carbocycles. The van der Waals surface area contributed by atoms with E-state index in [9.17, 15) is 9.90 Å². The minimum atomic E-state index is -1.27. The van der Waals surface area contributed by atoms with Crippen molar-refractivity contribution in [2.75, 3.05) is 13.2 Å². The van der Waals surface area contributed by atoms with Crippen molar-refractivity contribution in [3.8, 4) is 0 Å². The minimum Gasteiger partial charge on any atom is -0.463 e. The summed E-state index contributed by atoms with van der Waals surface area (Å²) < 4.78 is 4.92. The molecule has 0 aliphatic heterocycles. The van der Waals surface area contributed by atoms with Crippen molar-refractivity contribution in [3.05, 3.63) is 0 Å². The van der Waals surface area contributed by atoms with Gasteiger partial charge in [-0.3, -0.25) is 4.79 Å². The van der Waals surface area contributed by atoms with Gasteiger partial charge in [0.05, 0.1) is 12.5 Å². The number of hydrogen-bond donors (Lipinski definition) is 3. The van der Waals surface area contributed by atoms with E-state index in [0.29, 0.717) is 6.42 Å². The molecule has 3 N–H and O–H groups in total. The molecule has 0 aromatic carbocycles. The Kier molecular flexibility index (Phi) is 9.03. The van der Waals surface area contributed by atoms with Gasteiger partial charge in [-0.2, -0.15) is 0 Å². The van der Waals surface area contributed by atoms with Gasteiger partial charge in [0, 0.05) is 0 Å². The Morgan fingerprint density at radius 1 is 1.24 bits per heavy atom. The number of hydrogen-bond acceptors (Lipinski definition) is 5. The topological polar surface area (TPSA) is 87.0 Å². The summed E-state index contributed by atoms with van der Waals surface area (Å²) in [6.45, 7) is 3.15. The summed E-state index contributed by atoms with van der Waals surface area (Å²) in [7, 11) is 0. The molecule has 0 heterocycles. The van der Waals surface area contributed by atoms with Gasteiger partial charge in [-0.05, 0) is 12.8 Å². The van der Waals surface area contributed by atoms with Crippen LogP contribution in [-0.4, -0.2) is 46.7 Å². The quantitative estimate of drug-likeness (QED) is 0.516. The maximum atomic E-state index is 11.6. The largest absolute Gasteiger partial charge is 0.463 e. The van der Waals surface area contributed by atoms with Crippen molar-refractivity contribution in [2.24, 2.45) is 5.92 Å². The number of carbonyl (C=O) groups is 1. The third-order valence-electron chi connectivity index (χ3n) is 2.76. The number of aliphatic hydroxyl groups is 3. The SMILES string of the molecule is CCCCC(CC)C(=O)OC[C@H](O)[C@H](O)CO. The Morgan fingerprint density at radius 3 is 2.35 bits per heavy atom. The molecule has 1 unspecified atom stereocenters. The van der Waals surface area contributed by atoms with E-state index in [1.807, 2.05) is 6.92 Å². The van der Waals surface area contributed by atoms with Crippen molar-refractivity contribution in [3.63, 3.8) is 0 Å². The maximum absolute atomic E-state index is 11.6. The van der Waals surface area contributed by atoms with Crippen LogP contribution in [-0.2, 0) is 9.53 Å². The highest BCUT2D eigenvalue weighted by molar-refractivity contribution is 5.72. The molecule has 17 heavy (non-hydrogen) atoms. The molecule has 0 saturated carbocycles. The molecule has 0 aromatic rings. The van der Waals surface area contributed by atoms with Gasteiger partial charge in [0.25, 0.3) is 0 Å². The van der Waals surface area contributed by atoms with Crippen LogP contribution in [0.4, 0.5) is 0 Å². The van der Waals surface area contributed by atoms with Crippen molar-refractivity contribution >= 4 is 5.97 Å². The highest BCUT2D eigenvalue weighted by atomic mass is 16.5. The van der Waals surface area contributed by atoms with E-state index >= 15 is 0 Å². The molecule has 0 bridgehead atoms. The summed E-state index contributed by atoms with van der Waals surface area (Å²) in [6.07, 6.45) is 0.985. The molecule has 0 saturated heterocycles. The van der Waals surface area contributed by atoms with Gasteiger partial charge in [-0.25, -0.2) is 0 Å². The smallest absolute Gasteiger partial charge is 0.309 e. The van der Waals surface area contributed by atoms with Crippen LogP contribution in [0.5, 0.6) is 0 Å². The second-order valence-electron chi connectivity index (χ2n) is 4.19. The number of aliphatic hydroxyl groups excluding tert-OH is 3. The van der Waals surface area contributed by atoms with Crippen LogP contribution in [0, 0.1) is 5.92 Å². The maximum Gasteiger partial charge on any atom is 0.309 e. The molecule has 0 amide bonds.